The molecule has 0 fully saturated rings. The van der Waals surface area contributed by atoms with Crippen LogP contribution in [0.3, 0.4) is 0 Å². The smallest absolute Gasteiger partial charge is 0.122 e. The lowest BCUT2D eigenvalue weighted by Gasteiger charge is -2.14. The van der Waals surface area contributed by atoms with Crippen LogP contribution < -0.4 is 4.74 Å². The molecule has 21 heavy (non-hydrogen) atoms. The fraction of sp³-hybridized carbons (Fsp3) is 0.333. The normalized spacial score (nSPS) is 14.6. The molecule has 0 aliphatic carbocycles. The molecule has 1 atom stereocenters. The zero-order valence-electron chi connectivity index (χ0n) is 12.1. The third kappa shape index (κ3) is 3.30. The molecule has 0 aromatic heterocycles. The van der Waals surface area contributed by atoms with Gasteiger partial charge in [0.25, 0.3) is 0 Å². The van der Waals surface area contributed by atoms with E-state index in [1.54, 1.807) is 0 Å². The highest BCUT2D eigenvalue weighted by Crippen LogP contribution is 2.29. The summed E-state index contributed by atoms with van der Waals surface area (Å²) in [6.07, 6.45) is 2.15. The Kier molecular flexibility index (Phi) is 4.32. The Bertz CT molecular complexity index is 652. The maximum atomic E-state index is 10.4. The number of hydrogen-bond donors (Lipinski definition) is 1. The molecule has 1 aliphatic heterocycles. The van der Waals surface area contributed by atoms with Crippen molar-refractivity contribution in [3.63, 3.8) is 0 Å². The van der Waals surface area contributed by atoms with Gasteiger partial charge in [0.1, 0.15) is 5.75 Å². The standard InChI is InChI=1S/C18H19BrO2/c1-12-2-5-15(16(19)10-12)17(20)6-3-13-4-7-18-14(11-13)8-9-21-18/h2,4-5,7,10-11,17,20H,3,6,8-9H2,1H3. The maximum absolute atomic E-state index is 10.4. The number of rotatable bonds is 4. The average molecular weight is 347 g/mol. The van der Waals surface area contributed by atoms with Crippen molar-refractivity contribution in [2.75, 3.05) is 6.61 Å². The van der Waals surface area contributed by atoms with Crippen molar-refractivity contribution >= 4 is 15.9 Å². The van der Waals surface area contributed by atoms with Gasteiger partial charge in [-0.3, -0.25) is 0 Å². The van der Waals surface area contributed by atoms with E-state index in [0.29, 0.717) is 0 Å². The third-order valence-electron chi connectivity index (χ3n) is 3.98. The summed E-state index contributed by atoms with van der Waals surface area (Å²) in [4.78, 5) is 0. The number of ether oxygens (including phenoxy) is 1. The molecule has 110 valence electrons. The predicted octanol–water partition coefficient (Wildman–Crippen LogP) is 4.36. The molecule has 1 N–H and O–H groups in total. The van der Waals surface area contributed by atoms with Crippen molar-refractivity contribution in [2.24, 2.45) is 0 Å². The number of benzene rings is 2. The van der Waals surface area contributed by atoms with Gasteiger partial charge in [-0.15, -0.1) is 0 Å². The first-order valence-corrected chi connectivity index (χ1v) is 8.11. The second-order valence-corrected chi connectivity index (χ2v) is 6.47. The highest BCUT2D eigenvalue weighted by molar-refractivity contribution is 9.10. The first-order chi connectivity index (χ1) is 10.1. The fourth-order valence-corrected chi connectivity index (χ4v) is 3.51. The third-order valence-corrected chi connectivity index (χ3v) is 4.66. The summed E-state index contributed by atoms with van der Waals surface area (Å²) in [7, 11) is 0. The van der Waals surface area contributed by atoms with Crippen LogP contribution in [0, 0.1) is 6.92 Å². The Morgan fingerprint density at radius 2 is 2.10 bits per heavy atom. The van der Waals surface area contributed by atoms with Crippen LogP contribution in [0.5, 0.6) is 5.75 Å². The van der Waals surface area contributed by atoms with Gasteiger partial charge in [0.2, 0.25) is 0 Å². The lowest BCUT2D eigenvalue weighted by atomic mass is 9.99. The quantitative estimate of drug-likeness (QED) is 0.891. The van der Waals surface area contributed by atoms with Crippen LogP contribution in [0.4, 0.5) is 0 Å². The molecule has 1 aliphatic rings. The van der Waals surface area contributed by atoms with E-state index >= 15 is 0 Å². The van der Waals surface area contributed by atoms with Gasteiger partial charge < -0.3 is 9.84 Å². The van der Waals surface area contributed by atoms with Crippen LogP contribution in [-0.2, 0) is 12.8 Å². The molecule has 3 rings (SSSR count). The largest absolute Gasteiger partial charge is 0.493 e. The minimum Gasteiger partial charge on any atom is -0.493 e. The number of halogens is 1. The molecule has 0 bridgehead atoms. The molecule has 1 heterocycles. The van der Waals surface area contributed by atoms with Crippen LogP contribution in [0.2, 0.25) is 0 Å². The Balaban J connectivity index is 1.67. The molecule has 1 unspecified atom stereocenters. The number of aryl methyl sites for hydroxylation is 2. The summed E-state index contributed by atoms with van der Waals surface area (Å²) in [6, 6.07) is 12.4. The van der Waals surface area contributed by atoms with Crippen LogP contribution in [0.25, 0.3) is 0 Å². The van der Waals surface area contributed by atoms with Crippen LogP contribution >= 0.6 is 15.9 Å². The second-order valence-electron chi connectivity index (χ2n) is 5.62. The van der Waals surface area contributed by atoms with Gasteiger partial charge in [0.05, 0.1) is 12.7 Å². The molecule has 2 aromatic carbocycles. The van der Waals surface area contributed by atoms with Crippen LogP contribution in [-0.4, -0.2) is 11.7 Å². The zero-order chi connectivity index (χ0) is 14.8. The molecular weight excluding hydrogens is 328 g/mol. The molecule has 3 heteroatoms. The van der Waals surface area contributed by atoms with Crippen molar-refractivity contribution in [2.45, 2.75) is 32.3 Å². The first-order valence-electron chi connectivity index (χ1n) is 7.32. The monoisotopic (exact) mass is 346 g/mol. The lowest BCUT2D eigenvalue weighted by molar-refractivity contribution is 0.167. The number of fused-ring (bicyclic) bond motifs is 1. The second kappa shape index (κ2) is 6.20. The van der Waals surface area contributed by atoms with E-state index in [0.717, 1.165) is 41.7 Å². The van der Waals surface area contributed by atoms with Gasteiger partial charge >= 0.3 is 0 Å². The van der Waals surface area contributed by atoms with Crippen molar-refractivity contribution in [3.8, 4) is 5.75 Å². The highest BCUT2D eigenvalue weighted by Gasteiger charge is 2.14. The van der Waals surface area contributed by atoms with E-state index in [-0.39, 0.29) is 0 Å². The van der Waals surface area contributed by atoms with Gasteiger partial charge in [-0.05, 0) is 54.2 Å². The fourth-order valence-electron chi connectivity index (χ4n) is 2.76. The molecule has 0 radical (unpaired) electrons. The molecule has 0 amide bonds. The Morgan fingerprint density at radius 1 is 1.24 bits per heavy atom. The van der Waals surface area contributed by atoms with Gasteiger partial charge in [0, 0.05) is 10.9 Å². The SMILES string of the molecule is Cc1ccc(C(O)CCc2ccc3c(c2)CCO3)c(Br)c1. The molecule has 0 saturated carbocycles. The van der Waals surface area contributed by atoms with E-state index in [2.05, 4.69) is 28.1 Å². The van der Waals surface area contributed by atoms with Crippen molar-refractivity contribution < 1.29 is 9.84 Å². The first kappa shape index (κ1) is 14.6. The van der Waals surface area contributed by atoms with Gasteiger partial charge in [0.15, 0.2) is 0 Å². The predicted molar refractivity (Wildman–Crippen MR) is 87.8 cm³/mol. The van der Waals surface area contributed by atoms with Crippen molar-refractivity contribution in [1.82, 2.24) is 0 Å². The van der Waals surface area contributed by atoms with Crippen molar-refractivity contribution in [1.29, 1.82) is 0 Å². The summed E-state index contributed by atoms with van der Waals surface area (Å²) in [5.41, 5.74) is 4.71. The van der Waals surface area contributed by atoms with E-state index in [1.807, 2.05) is 31.2 Å². The van der Waals surface area contributed by atoms with Gasteiger partial charge in [-0.25, -0.2) is 0 Å². The van der Waals surface area contributed by atoms with Crippen LogP contribution in [0.15, 0.2) is 40.9 Å². The number of aliphatic hydroxyl groups is 1. The summed E-state index contributed by atoms with van der Waals surface area (Å²) in [5.74, 6) is 1.01. The van der Waals surface area contributed by atoms with E-state index in [4.69, 9.17) is 4.74 Å². The summed E-state index contributed by atoms with van der Waals surface area (Å²) in [5, 5.41) is 10.4. The number of aliphatic hydroxyl groups excluding tert-OH is 1. The topological polar surface area (TPSA) is 29.5 Å². The van der Waals surface area contributed by atoms with Gasteiger partial charge in [-0.1, -0.05) is 40.2 Å². The molecule has 2 nitrogen and oxygen atoms in total. The Hall–Kier alpha value is -1.32. The highest BCUT2D eigenvalue weighted by atomic mass is 79.9. The van der Waals surface area contributed by atoms with Crippen molar-refractivity contribution in [3.05, 3.63) is 63.1 Å². The Labute approximate surface area is 133 Å². The molecule has 0 saturated heterocycles. The molecule has 2 aromatic rings. The van der Waals surface area contributed by atoms with E-state index < -0.39 is 6.10 Å². The van der Waals surface area contributed by atoms with Gasteiger partial charge in [-0.2, -0.15) is 0 Å². The van der Waals surface area contributed by atoms with Crippen LogP contribution in [0.1, 0.15) is 34.8 Å². The summed E-state index contributed by atoms with van der Waals surface area (Å²) < 4.78 is 6.50. The lowest BCUT2D eigenvalue weighted by Crippen LogP contribution is -2.01. The summed E-state index contributed by atoms with van der Waals surface area (Å²) in [6.45, 7) is 2.84. The Morgan fingerprint density at radius 3 is 2.90 bits per heavy atom. The molecular formula is C18H19BrO2. The zero-order valence-corrected chi connectivity index (χ0v) is 13.7. The minimum absolute atomic E-state index is 0.440. The summed E-state index contributed by atoms with van der Waals surface area (Å²) >= 11 is 3.54. The maximum Gasteiger partial charge on any atom is 0.122 e. The van der Waals surface area contributed by atoms with E-state index in [1.165, 1.54) is 16.7 Å². The molecule has 0 spiro atoms. The number of hydrogen-bond acceptors (Lipinski definition) is 2. The van der Waals surface area contributed by atoms with E-state index in [9.17, 15) is 5.11 Å². The minimum atomic E-state index is -0.440. The average Bonchev–Trinajstić information content (AvgIpc) is 2.92.